The van der Waals surface area contributed by atoms with Gasteiger partial charge in [-0.25, -0.2) is 0 Å². The quantitative estimate of drug-likeness (QED) is 0.780. The Labute approximate surface area is 112 Å². The summed E-state index contributed by atoms with van der Waals surface area (Å²) in [5, 5.41) is 8.75. The maximum absolute atomic E-state index is 12.3. The predicted molar refractivity (Wildman–Crippen MR) is 70.4 cm³/mol. The SMILES string of the molecule is CCC(CC#N)C(=O)c1ccc2c(c1)OCCCO2. The van der Waals surface area contributed by atoms with Crippen LogP contribution in [0.2, 0.25) is 0 Å². The van der Waals surface area contributed by atoms with Gasteiger partial charge in [0.05, 0.1) is 19.3 Å². The number of ether oxygens (including phenoxy) is 2. The third-order valence-electron chi connectivity index (χ3n) is 3.23. The molecule has 100 valence electrons. The van der Waals surface area contributed by atoms with Gasteiger partial charge in [0.25, 0.3) is 0 Å². The van der Waals surface area contributed by atoms with Crippen molar-refractivity contribution in [2.45, 2.75) is 26.2 Å². The minimum atomic E-state index is -0.241. The highest BCUT2D eigenvalue weighted by Crippen LogP contribution is 2.31. The Morgan fingerprint density at radius 2 is 2.11 bits per heavy atom. The molecule has 0 radical (unpaired) electrons. The van der Waals surface area contributed by atoms with Gasteiger partial charge >= 0.3 is 0 Å². The van der Waals surface area contributed by atoms with E-state index < -0.39 is 0 Å². The predicted octanol–water partition coefficient (Wildman–Crippen LogP) is 2.97. The standard InChI is InChI=1S/C15H17NO3/c1-2-11(6-7-16)15(17)12-4-5-13-14(10-12)19-9-3-8-18-13/h4-5,10-11H,2-3,6,8-9H2,1H3. The molecule has 19 heavy (non-hydrogen) atoms. The summed E-state index contributed by atoms with van der Waals surface area (Å²) in [6.45, 7) is 3.15. The van der Waals surface area contributed by atoms with Gasteiger partial charge in [-0.1, -0.05) is 6.92 Å². The Morgan fingerprint density at radius 3 is 2.79 bits per heavy atom. The van der Waals surface area contributed by atoms with Gasteiger partial charge in [0, 0.05) is 24.3 Å². The van der Waals surface area contributed by atoms with E-state index in [1.807, 2.05) is 6.92 Å². The summed E-state index contributed by atoms with van der Waals surface area (Å²) >= 11 is 0. The summed E-state index contributed by atoms with van der Waals surface area (Å²) in [6, 6.07) is 7.31. The maximum atomic E-state index is 12.3. The van der Waals surface area contributed by atoms with Gasteiger partial charge < -0.3 is 9.47 Å². The molecule has 0 amide bonds. The van der Waals surface area contributed by atoms with Crippen LogP contribution >= 0.6 is 0 Å². The number of nitriles is 1. The molecule has 0 aliphatic carbocycles. The normalized spacial score (nSPS) is 15.2. The first-order valence-electron chi connectivity index (χ1n) is 6.57. The lowest BCUT2D eigenvalue weighted by Crippen LogP contribution is -2.13. The van der Waals surface area contributed by atoms with Crippen LogP contribution in [0.3, 0.4) is 0 Å². The van der Waals surface area contributed by atoms with E-state index in [-0.39, 0.29) is 18.1 Å². The number of benzene rings is 1. The number of hydrogen-bond donors (Lipinski definition) is 0. The van der Waals surface area contributed by atoms with Gasteiger partial charge in [-0.3, -0.25) is 4.79 Å². The summed E-state index contributed by atoms with van der Waals surface area (Å²) in [7, 11) is 0. The number of Topliss-reactive ketones (excluding diaryl/α,β-unsaturated/α-hetero) is 1. The van der Waals surface area contributed by atoms with Crippen LogP contribution in [0.1, 0.15) is 36.5 Å². The molecule has 1 aliphatic heterocycles. The topological polar surface area (TPSA) is 59.3 Å². The maximum Gasteiger partial charge on any atom is 0.167 e. The van der Waals surface area contributed by atoms with Crippen LogP contribution in [0.5, 0.6) is 11.5 Å². The first-order valence-corrected chi connectivity index (χ1v) is 6.57. The van der Waals surface area contributed by atoms with Crippen LogP contribution in [0.15, 0.2) is 18.2 Å². The molecule has 1 unspecified atom stereocenters. The van der Waals surface area contributed by atoms with Crippen LogP contribution in [-0.2, 0) is 0 Å². The molecule has 1 aromatic rings. The van der Waals surface area contributed by atoms with Gasteiger partial charge in [-0.2, -0.15) is 5.26 Å². The molecule has 1 atom stereocenters. The summed E-state index contributed by atoms with van der Waals surface area (Å²) in [4.78, 5) is 12.3. The van der Waals surface area contributed by atoms with E-state index in [1.165, 1.54) is 0 Å². The van der Waals surface area contributed by atoms with Crippen molar-refractivity contribution in [1.82, 2.24) is 0 Å². The van der Waals surface area contributed by atoms with E-state index in [2.05, 4.69) is 6.07 Å². The van der Waals surface area contributed by atoms with Crippen LogP contribution in [-0.4, -0.2) is 19.0 Å². The van der Waals surface area contributed by atoms with E-state index in [4.69, 9.17) is 14.7 Å². The largest absolute Gasteiger partial charge is 0.490 e. The zero-order valence-electron chi connectivity index (χ0n) is 11.0. The van der Waals surface area contributed by atoms with Crippen LogP contribution in [0, 0.1) is 17.2 Å². The third-order valence-corrected chi connectivity index (χ3v) is 3.23. The summed E-state index contributed by atoms with van der Waals surface area (Å²) in [5.41, 5.74) is 0.589. The van der Waals surface area contributed by atoms with Crippen molar-refractivity contribution in [2.24, 2.45) is 5.92 Å². The fourth-order valence-corrected chi connectivity index (χ4v) is 2.08. The number of nitrogens with zero attached hydrogens (tertiary/aromatic N) is 1. The number of carbonyl (C=O) groups is 1. The molecule has 0 aromatic heterocycles. The van der Waals surface area contributed by atoms with E-state index in [1.54, 1.807) is 18.2 Å². The van der Waals surface area contributed by atoms with E-state index in [0.29, 0.717) is 36.7 Å². The first-order chi connectivity index (χ1) is 9.26. The van der Waals surface area contributed by atoms with Gasteiger partial charge in [-0.05, 0) is 24.6 Å². The molecule has 2 rings (SSSR count). The molecule has 1 heterocycles. The van der Waals surface area contributed by atoms with Gasteiger partial charge in [0.1, 0.15) is 0 Å². The highest BCUT2D eigenvalue weighted by atomic mass is 16.5. The Bertz CT molecular complexity index is 505. The van der Waals surface area contributed by atoms with Crippen molar-refractivity contribution in [1.29, 1.82) is 5.26 Å². The number of carbonyl (C=O) groups excluding carboxylic acids is 1. The second-order valence-electron chi connectivity index (χ2n) is 4.54. The number of hydrogen-bond acceptors (Lipinski definition) is 4. The van der Waals surface area contributed by atoms with Crippen molar-refractivity contribution < 1.29 is 14.3 Å². The van der Waals surface area contributed by atoms with Crippen molar-refractivity contribution in [3.8, 4) is 17.6 Å². The second kappa shape index (κ2) is 6.24. The lowest BCUT2D eigenvalue weighted by molar-refractivity contribution is 0.0918. The minimum Gasteiger partial charge on any atom is -0.490 e. The van der Waals surface area contributed by atoms with Crippen LogP contribution < -0.4 is 9.47 Å². The molecule has 0 spiro atoms. The average molecular weight is 259 g/mol. The van der Waals surface area contributed by atoms with Crippen molar-refractivity contribution in [3.63, 3.8) is 0 Å². The lowest BCUT2D eigenvalue weighted by Gasteiger charge is -2.12. The molecule has 0 N–H and O–H groups in total. The molecule has 0 fully saturated rings. The average Bonchev–Trinajstić information content (AvgIpc) is 2.68. The number of ketones is 1. The highest BCUT2D eigenvalue weighted by Gasteiger charge is 2.20. The van der Waals surface area contributed by atoms with E-state index >= 15 is 0 Å². The molecule has 0 saturated carbocycles. The van der Waals surface area contributed by atoms with Gasteiger partial charge in [0.15, 0.2) is 17.3 Å². The van der Waals surface area contributed by atoms with E-state index in [0.717, 1.165) is 6.42 Å². The molecule has 1 aliphatic rings. The smallest absolute Gasteiger partial charge is 0.167 e. The highest BCUT2D eigenvalue weighted by molar-refractivity contribution is 5.98. The lowest BCUT2D eigenvalue weighted by atomic mass is 9.93. The molecule has 1 aromatic carbocycles. The fraction of sp³-hybridized carbons (Fsp3) is 0.467. The van der Waals surface area contributed by atoms with Crippen molar-refractivity contribution in [2.75, 3.05) is 13.2 Å². The fourth-order valence-electron chi connectivity index (χ4n) is 2.08. The summed E-state index contributed by atoms with van der Waals surface area (Å²) < 4.78 is 11.1. The Morgan fingerprint density at radius 1 is 1.37 bits per heavy atom. The number of fused-ring (bicyclic) bond motifs is 1. The first kappa shape index (κ1) is 13.4. The van der Waals surface area contributed by atoms with Gasteiger partial charge in [0.2, 0.25) is 0 Å². The third kappa shape index (κ3) is 3.05. The summed E-state index contributed by atoms with van der Waals surface area (Å²) in [6.07, 6.45) is 1.76. The zero-order chi connectivity index (χ0) is 13.7. The Kier molecular flexibility index (Phi) is 4.40. The van der Waals surface area contributed by atoms with Crippen LogP contribution in [0.4, 0.5) is 0 Å². The van der Waals surface area contributed by atoms with Crippen molar-refractivity contribution in [3.05, 3.63) is 23.8 Å². The minimum absolute atomic E-state index is 0.000281. The number of rotatable bonds is 4. The van der Waals surface area contributed by atoms with Crippen molar-refractivity contribution >= 4 is 5.78 Å². The molecule has 0 saturated heterocycles. The molecule has 4 nitrogen and oxygen atoms in total. The molecular weight excluding hydrogens is 242 g/mol. The van der Waals surface area contributed by atoms with Crippen LogP contribution in [0.25, 0.3) is 0 Å². The van der Waals surface area contributed by atoms with E-state index in [9.17, 15) is 4.79 Å². The monoisotopic (exact) mass is 259 g/mol. The molecule has 4 heteroatoms. The second-order valence-corrected chi connectivity index (χ2v) is 4.54. The Hall–Kier alpha value is -2.02. The zero-order valence-corrected chi connectivity index (χ0v) is 11.0. The molecular formula is C15H17NO3. The summed E-state index contributed by atoms with van der Waals surface area (Å²) in [5.74, 6) is 1.06. The molecule has 0 bridgehead atoms. The Balaban J connectivity index is 2.23. The van der Waals surface area contributed by atoms with Gasteiger partial charge in [-0.15, -0.1) is 0 Å².